The van der Waals surface area contributed by atoms with Crippen LogP contribution < -0.4 is 4.74 Å². The molecule has 0 radical (unpaired) electrons. The molecule has 0 aromatic heterocycles. The number of ether oxygens (including phenoxy) is 1. The van der Waals surface area contributed by atoms with E-state index in [1.165, 1.54) is 12.1 Å². The molecule has 76 valence electrons. The molecule has 1 fully saturated rings. The number of halogens is 1. The second-order valence-electron chi connectivity index (χ2n) is 3.55. The fourth-order valence-electron chi connectivity index (χ4n) is 1.59. The van der Waals surface area contributed by atoms with Gasteiger partial charge in [0.2, 0.25) is 0 Å². The summed E-state index contributed by atoms with van der Waals surface area (Å²) in [5, 5.41) is 0. The maximum atomic E-state index is 12.8. The van der Waals surface area contributed by atoms with Crippen molar-refractivity contribution in [2.24, 2.45) is 0 Å². The average molecular weight is 195 g/mol. The highest BCUT2D eigenvalue weighted by Crippen LogP contribution is 2.18. The Morgan fingerprint density at radius 2 is 2.29 bits per heavy atom. The van der Waals surface area contributed by atoms with Crippen LogP contribution in [0.4, 0.5) is 4.39 Å². The zero-order valence-corrected chi connectivity index (χ0v) is 8.24. The number of benzene rings is 1. The van der Waals surface area contributed by atoms with E-state index in [1.807, 2.05) is 0 Å². The Balaban J connectivity index is 1.87. The Morgan fingerprint density at radius 3 is 2.93 bits per heavy atom. The van der Waals surface area contributed by atoms with Crippen LogP contribution in [0.2, 0.25) is 0 Å². The monoisotopic (exact) mass is 195 g/mol. The van der Waals surface area contributed by atoms with Crippen LogP contribution in [0.3, 0.4) is 0 Å². The van der Waals surface area contributed by atoms with E-state index in [1.54, 1.807) is 12.1 Å². The first-order valence-corrected chi connectivity index (χ1v) is 4.92. The molecule has 3 heteroatoms. The largest absolute Gasteiger partial charge is 0.488 e. The zero-order chi connectivity index (χ0) is 9.97. The van der Waals surface area contributed by atoms with Gasteiger partial charge < -0.3 is 4.74 Å². The normalized spacial score (nSPS) is 17.9. The molecular weight excluding hydrogens is 181 g/mol. The third-order valence-corrected chi connectivity index (χ3v) is 2.47. The Hall–Kier alpha value is -1.09. The lowest BCUT2D eigenvalue weighted by atomic mass is 10.2. The van der Waals surface area contributed by atoms with Gasteiger partial charge in [0.1, 0.15) is 17.7 Å². The minimum atomic E-state index is -0.242. The van der Waals surface area contributed by atoms with Crippen molar-refractivity contribution in [2.45, 2.75) is 13.0 Å². The summed E-state index contributed by atoms with van der Waals surface area (Å²) in [6.07, 6.45) is 0.233. The predicted octanol–water partition coefficient (Wildman–Crippen LogP) is 1.91. The van der Waals surface area contributed by atoms with Gasteiger partial charge in [-0.3, -0.25) is 4.90 Å². The summed E-state index contributed by atoms with van der Waals surface area (Å²) >= 11 is 0. The van der Waals surface area contributed by atoms with Gasteiger partial charge in [-0.05, 0) is 18.7 Å². The molecule has 0 N–H and O–H groups in total. The number of hydrogen-bond donors (Lipinski definition) is 0. The number of nitrogens with zero attached hydrogens (tertiary/aromatic N) is 1. The van der Waals surface area contributed by atoms with Crippen LogP contribution >= 0.6 is 0 Å². The van der Waals surface area contributed by atoms with Crippen molar-refractivity contribution in [3.05, 3.63) is 30.1 Å². The molecule has 0 amide bonds. The lowest BCUT2D eigenvalue weighted by Gasteiger charge is -2.38. The van der Waals surface area contributed by atoms with Crippen molar-refractivity contribution in [1.82, 2.24) is 4.90 Å². The van der Waals surface area contributed by atoms with Crippen LogP contribution in [-0.4, -0.2) is 30.6 Å². The van der Waals surface area contributed by atoms with Crippen molar-refractivity contribution in [3.8, 4) is 5.75 Å². The van der Waals surface area contributed by atoms with Crippen LogP contribution in [0.5, 0.6) is 5.75 Å². The van der Waals surface area contributed by atoms with E-state index < -0.39 is 0 Å². The van der Waals surface area contributed by atoms with Crippen molar-refractivity contribution < 1.29 is 9.13 Å². The molecule has 0 spiro atoms. The van der Waals surface area contributed by atoms with Crippen LogP contribution in [0.15, 0.2) is 24.3 Å². The number of rotatable bonds is 3. The molecule has 1 aromatic rings. The molecule has 0 aliphatic carbocycles. The summed E-state index contributed by atoms with van der Waals surface area (Å²) in [6.45, 7) is 5.08. The molecule has 2 nitrogen and oxygen atoms in total. The van der Waals surface area contributed by atoms with Crippen LogP contribution in [0, 0.1) is 5.82 Å². The molecule has 1 heterocycles. The average Bonchev–Trinajstić information content (AvgIpc) is 2.10. The summed E-state index contributed by atoms with van der Waals surface area (Å²) in [4.78, 5) is 2.28. The fraction of sp³-hybridized carbons (Fsp3) is 0.455. The number of likely N-dealkylation sites (tertiary alicyclic amines) is 1. The Morgan fingerprint density at radius 1 is 1.50 bits per heavy atom. The van der Waals surface area contributed by atoms with Gasteiger partial charge in [-0.15, -0.1) is 0 Å². The number of hydrogen-bond acceptors (Lipinski definition) is 2. The lowest BCUT2D eigenvalue weighted by molar-refractivity contribution is 0.0237. The van der Waals surface area contributed by atoms with Crippen molar-refractivity contribution in [3.63, 3.8) is 0 Å². The van der Waals surface area contributed by atoms with E-state index in [9.17, 15) is 4.39 Å². The van der Waals surface area contributed by atoms with E-state index in [2.05, 4.69) is 11.8 Å². The van der Waals surface area contributed by atoms with Gasteiger partial charge in [-0.2, -0.15) is 0 Å². The maximum Gasteiger partial charge on any atom is 0.126 e. The smallest absolute Gasteiger partial charge is 0.126 e. The van der Waals surface area contributed by atoms with Gasteiger partial charge in [0.15, 0.2) is 0 Å². The summed E-state index contributed by atoms with van der Waals surface area (Å²) in [6, 6.07) is 6.30. The highest BCUT2D eigenvalue weighted by atomic mass is 19.1. The van der Waals surface area contributed by atoms with E-state index in [-0.39, 0.29) is 11.9 Å². The first-order valence-electron chi connectivity index (χ1n) is 4.92. The van der Waals surface area contributed by atoms with Crippen molar-refractivity contribution in [1.29, 1.82) is 0 Å². The van der Waals surface area contributed by atoms with Crippen molar-refractivity contribution in [2.75, 3.05) is 19.6 Å². The first-order chi connectivity index (χ1) is 6.78. The molecule has 1 aliphatic rings. The zero-order valence-electron chi connectivity index (χ0n) is 8.24. The highest BCUT2D eigenvalue weighted by molar-refractivity contribution is 5.23. The van der Waals surface area contributed by atoms with Crippen LogP contribution in [-0.2, 0) is 0 Å². The minimum absolute atomic E-state index is 0.233. The van der Waals surface area contributed by atoms with Gasteiger partial charge >= 0.3 is 0 Å². The molecule has 14 heavy (non-hydrogen) atoms. The second kappa shape index (κ2) is 3.96. The fourth-order valence-corrected chi connectivity index (χ4v) is 1.59. The highest BCUT2D eigenvalue weighted by Gasteiger charge is 2.26. The summed E-state index contributed by atoms with van der Waals surface area (Å²) in [5.74, 6) is 0.389. The molecule has 0 atom stereocenters. The van der Waals surface area contributed by atoms with E-state index in [0.717, 1.165) is 19.6 Å². The lowest BCUT2D eigenvalue weighted by Crippen LogP contribution is -2.53. The summed E-state index contributed by atoms with van der Waals surface area (Å²) in [7, 11) is 0. The number of likely N-dealkylation sites (N-methyl/N-ethyl adjacent to an activating group) is 1. The Labute approximate surface area is 83.3 Å². The molecule has 0 saturated carbocycles. The topological polar surface area (TPSA) is 12.5 Å². The molecule has 1 saturated heterocycles. The molecule has 2 rings (SSSR count). The van der Waals surface area contributed by atoms with Gasteiger partial charge in [0.25, 0.3) is 0 Å². The van der Waals surface area contributed by atoms with Gasteiger partial charge in [0, 0.05) is 19.2 Å². The van der Waals surface area contributed by atoms with E-state index in [4.69, 9.17) is 4.74 Å². The van der Waals surface area contributed by atoms with Crippen LogP contribution in [0.25, 0.3) is 0 Å². The second-order valence-corrected chi connectivity index (χ2v) is 3.55. The van der Waals surface area contributed by atoms with E-state index >= 15 is 0 Å². The quantitative estimate of drug-likeness (QED) is 0.730. The van der Waals surface area contributed by atoms with Crippen LogP contribution in [0.1, 0.15) is 6.92 Å². The molecule has 0 bridgehead atoms. The molecule has 0 unspecified atom stereocenters. The Bertz CT molecular complexity index is 310. The third kappa shape index (κ3) is 2.04. The predicted molar refractivity (Wildman–Crippen MR) is 52.9 cm³/mol. The Kier molecular flexibility index (Phi) is 2.68. The minimum Gasteiger partial charge on any atom is -0.488 e. The standard InChI is InChI=1S/C11H14FNO/c1-2-13-7-11(8-13)14-10-5-3-4-9(12)6-10/h3-6,11H,2,7-8H2,1H3. The van der Waals surface area contributed by atoms with E-state index in [0.29, 0.717) is 5.75 Å². The summed E-state index contributed by atoms with van der Waals surface area (Å²) in [5.41, 5.74) is 0. The molecule has 1 aliphatic heterocycles. The SMILES string of the molecule is CCN1CC(Oc2cccc(F)c2)C1. The third-order valence-electron chi connectivity index (χ3n) is 2.47. The first kappa shape index (κ1) is 9.46. The molecule has 1 aromatic carbocycles. The molecular formula is C11H14FNO. The van der Waals surface area contributed by atoms with Gasteiger partial charge in [-0.25, -0.2) is 4.39 Å². The maximum absolute atomic E-state index is 12.8. The van der Waals surface area contributed by atoms with Gasteiger partial charge in [-0.1, -0.05) is 13.0 Å². The van der Waals surface area contributed by atoms with Gasteiger partial charge in [0.05, 0.1) is 0 Å². The van der Waals surface area contributed by atoms with Crippen molar-refractivity contribution >= 4 is 0 Å². The summed E-state index contributed by atoms with van der Waals surface area (Å²) < 4.78 is 18.4.